The number of likely N-dealkylation sites (N-methyl/N-ethyl adjacent to an activating group) is 1. The minimum atomic E-state index is -0.605. The average Bonchev–Trinajstić information content (AvgIpc) is 2.61. The molecular weight excluding hydrogens is 306 g/mol. The first-order valence-electron chi connectivity index (χ1n) is 7.81. The Bertz CT molecular complexity index is 672. The van der Waals surface area contributed by atoms with E-state index in [2.05, 4.69) is 15.6 Å². The summed E-state index contributed by atoms with van der Waals surface area (Å²) in [4.78, 5) is 27.8. The third-order valence-corrected chi connectivity index (χ3v) is 3.32. The van der Waals surface area contributed by atoms with E-state index in [0.29, 0.717) is 24.6 Å². The maximum absolute atomic E-state index is 12.1. The van der Waals surface area contributed by atoms with E-state index in [0.717, 1.165) is 5.56 Å². The van der Waals surface area contributed by atoms with Crippen molar-refractivity contribution in [3.8, 4) is 5.88 Å². The number of rotatable bonds is 7. The summed E-state index contributed by atoms with van der Waals surface area (Å²) in [5, 5.41) is 5.28. The van der Waals surface area contributed by atoms with Crippen LogP contribution in [-0.2, 0) is 11.4 Å². The summed E-state index contributed by atoms with van der Waals surface area (Å²) < 4.78 is 5.57. The smallest absolute Gasteiger partial charge is 0.253 e. The van der Waals surface area contributed by atoms with Crippen LogP contribution in [0.3, 0.4) is 0 Å². The second-order valence-corrected chi connectivity index (χ2v) is 5.25. The molecule has 0 radical (unpaired) electrons. The highest BCUT2D eigenvalue weighted by atomic mass is 16.5. The fourth-order valence-electron chi connectivity index (χ4n) is 2.00. The molecule has 24 heavy (non-hydrogen) atoms. The molecule has 2 aromatic rings. The Labute approximate surface area is 141 Å². The minimum absolute atomic E-state index is 0.221. The van der Waals surface area contributed by atoms with Crippen LogP contribution in [0, 0.1) is 0 Å². The minimum Gasteiger partial charge on any atom is -0.473 e. The summed E-state index contributed by atoms with van der Waals surface area (Å²) in [6, 6.07) is 12.4. The number of aromatic nitrogens is 1. The molecule has 6 heteroatoms. The van der Waals surface area contributed by atoms with Crippen molar-refractivity contribution in [1.29, 1.82) is 0 Å². The van der Waals surface area contributed by atoms with Crippen LogP contribution in [0.5, 0.6) is 5.88 Å². The first kappa shape index (κ1) is 17.5. The topological polar surface area (TPSA) is 80.3 Å². The molecule has 1 atom stereocenters. The van der Waals surface area contributed by atoms with Gasteiger partial charge in [0.1, 0.15) is 12.6 Å². The number of carbonyl (C=O) groups excluding carboxylic acids is 2. The number of hydrogen-bond acceptors (Lipinski definition) is 4. The van der Waals surface area contributed by atoms with Crippen LogP contribution in [0.25, 0.3) is 0 Å². The van der Waals surface area contributed by atoms with Gasteiger partial charge in [-0.2, -0.15) is 0 Å². The maximum atomic E-state index is 12.1. The summed E-state index contributed by atoms with van der Waals surface area (Å²) in [5.41, 5.74) is 1.41. The molecule has 1 heterocycles. The number of pyridine rings is 1. The van der Waals surface area contributed by atoms with Gasteiger partial charge in [-0.1, -0.05) is 30.3 Å². The van der Waals surface area contributed by atoms with Crippen LogP contribution in [0.2, 0.25) is 0 Å². The second kappa shape index (κ2) is 8.67. The maximum Gasteiger partial charge on any atom is 0.253 e. The largest absolute Gasteiger partial charge is 0.473 e. The summed E-state index contributed by atoms with van der Waals surface area (Å²) >= 11 is 0. The SMILES string of the molecule is CCNC(=O)C(C)NC(=O)c1ccc(OCc2ccccc2)nc1. The molecule has 1 unspecified atom stereocenters. The number of carbonyl (C=O) groups is 2. The zero-order valence-corrected chi connectivity index (χ0v) is 13.8. The molecule has 1 aromatic heterocycles. The van der Waals surface area contributed by atoms with Gasteiger partial charge in [0.05, 0.1) is 5.56 Å². The number of hydrogen-bond donors (Lipinski definition) is 2. The molecule has 0 saturated carbocycles. The van der Waals surface area contributed by atoms with Crippen LogP contribution in [0.15, 0.2) is 48.7 Å². The van der Waals surface area contributed by atoms with Crippen molar-refractivity contribution in [3.63, 3.8) is 0 Å². The van der Waals surface area contributed by atoms with Crippen LogP contribution in [0.4, 0.5) is 0 Å². The second-order valence-electron chi connectivity index (χ2n) is 5.25. The molecule has 0 aliphatic carbocycles. The fourth-order valence-corrected chi connectivity index (χ4v) is 2.00. The van der Waals surface area contributed by atoms with Gasteiger partial charge in [0.25, 0.3) is 5.91 Å². The van der Waals surface area contributed by atoms with Crippen molar-refractivity contribution in [2.24, 2.45) is 0 Å². The lowest BCUT2D eigenvalue weighted by molar-refractivity contribution is -0.122. The van der Waals surface area contributed by atoms with Crippen molar-refractivity contribution in [2.75, 3.05) is 6.54 Å². The predicted molar refractivity (Wildman–Crippen MR) is 90.6 cm³/mol. The molecule has 0 spiro atoms. The Balaban J connectivity index is 1.89. The molecule has 1 aromatic carbocycles. The Morgan fingerprint density at radius 3 is 2.54 bits per heavy atom. The number of nitrogens with one attached hydrogen (secondary N) is 2. The van der Waals surface area contributed by atoms with E-state index in [1.54, 1.807) is 19.1 Å². The third-order valence-electron chi connectivity index (χ3n) is 3.32. The lowest BCUT2D eigenvalue weighted by Crippen LogP contribution is -2.44. The predicted octanol–water partition coefficient (Wildman–Crippen LogP) is 1.91. The van der Waals surface area contributed by atoms with Crippen LogP contribution in [-0.4, -0.2) is 29.4 Å². The van der Waals surface area contributed by atoms with Crippen molar-refractivity contribution in [3.05, 3.63) is 59.8 Å². The number of benzene rings is 1. The Kier molecular flexibility index (Phi) is 6.31. The Morgan fingerprint density at radius 1 is 1.17 bits per heavy atom. The summed E-state index contributed by atoms with van der Waals surface area (Å²) in [6.45, 7) is 4.39. The zero-order chi connectivity index (χ0) is 17.4. The highest BCUT2D eigenvalue weighted by molar-refractivity contribution is 5.97. The van der Waals surface area contributed by atoms with E-state index in [4.69, 9.17) is 4.74 Å². The van der Waals surface area contributed by atoms with Gasteiger partial charge in [0.2, 0.25) is 11.8 Å². The van der Waals surface area contributed by atoms with E-state index in [9.17, 15) is 9.59 Å². The molecule has 0 bridgehead atoms. The van der Waals surface area contributed by atoms with Gasteiger partial charge in [-0.15, -0.1) is 0 Å². The third kappa shape index (κ3) is 5.08. The zero-order valence-electron chi connectivity index (χ0n) is 13.8. The van der Waals surface area contributed by atoms with Crippen LogP contribution >= 0.6 is 0 Å². The highest BCUT2D eigenvalue weighted by Crippen LogP contribution is 2.10. The van der Waals surface area contributed by atoms with Crippen LogP contribution < -0.4 is 15.4 Å². The van der Waals surface area contributed by atoms with Gasteiger partial charge < -0.3 is 15.4 Å². The molecule has 126 valence electrons. The van der Waals surface area contributed by atoms with E-state index < -0.39 is 6.04 Å². The average molecular weight is 327 g/mol. The van der Waals surface area contributed by atoms with Gasteiger partial charge in [-0.05, 0) is 25.5 Å². The van der Waals surface area contributed by atoms with Crippen molar-refractivity contribution >= 4 is 11.8 Å². The van der Waals surface area contributed by atoms with Gasteiger partial charge >= 0.3 is 0 Å². The lowest BCUT2D eigenvalue weighted by atomic mass is 10.2. The van der Waals surface area contributed by atoms with Crippen molar-refractivity contribution in [1.82, 2.24) is 15.6 Å². The fraction of sp³-hybridized carbons (Fsp3) is 0.278. The van der Waals surface area contributed by atoms with Gasteiger partial charge in [0.15, 0.2) is 0 Å². The quantitative estimate of drug-likeness (QED) is 0.814. The van der Waals surface area contributed by atoms with Crippen molar-refractivity contribution < 1.29 is 14.3 Å². The lowest BCUT2D eigenvalue weighted by Gasteiger charge is -2.13. The molecular formula is C18H21N3O3. The number of nitrogens with zero attached hydrogens (tertiary/aromatic N) is 1. The van der Waals surface area contributed by atoms with E-state index in [-0.39, 0.29) is 11.8 Å². The molecule has 2 N–H and O–H groups in total. The molecule has 2 rings (SSSR count). The molecule has 0 aliphatic heterocycles. The molecule has 0 saturated heterocycles. The highest BCUT2D eigenvalue weighted by Gasteiger charge is 2.16. The summed E-state index contributed by atoms with van der Waals surface area (Å²) in [5.74, 6) is -0.135. The Hall–Kier alpha value is -2.89. The van der Waals surface area contributed by atoms with Crippen molar-refractivity contribution in [2.45, 2.75) is 26.5 Å². The van der Waals surface area contributed by atoms with Gasteiger partial charge in [-0.25, -0.2) is 4.98 Å². The first-order chi connectivity index (χ1) is 11.6. The molecule has 0 aliphatic rings. The standard InChI is InChI=1S/C18H21N3O3/c1-3-19-17(22)13(2)21-18(23)15-9-10-16(20-11-15)24-12-14-7-5-4-6-8-14/h4-11,13H,3,12H2,1-2H3,(H,19,22)(H,21,23). The monoisotopic (exact) mass is 327 g/mol. The number of ether oxygens (including phenoxy) is 1. The number of amides is 2. The van der Waals surface area contributed by atoms with Crippen LogP contribution in [0.1, 0.15) is 29.8 Å². The molecule has 2 amide bonds. The van der Waals surface area contributed by atoms with E-state index in [1.807, 2.05) is 37.3 Å². The normalized spacial score (nSPS) is 11.4. The molecule has 6 nitrogen and oxygen atoms in total. The van der Waals surface area contributed by atoms with Gasteiger partial charge in [0, 0.05) is 18.8 Å². The summed E-state index contributed by atoms with van der Waals surface area (Å²) in [7, 11) is 0. The Morgan fingerprint density at radius 2 is 1.92 bits per heavy atom. The molecule has 0 fully saturated rings. The van der Waals surface area contributed by atoms with E-state index >= 15 is 0 Å². The first-order valence-corrected chi connectivity index (χ1v) is 7.81. The van der Waals surface area contributed by atoms with E-state index in [1.165, 1.54) is 6.20 Å². The van der Waals surface area contributed by atoms with Gasteiger partial charge in [-0.3, -0.25) is 9.59 Å². The summed E-state index contributed by atoms with van der Waals surface area (Å²) in [6.07, 6.45) is 1.43.